The van der Waals surface area contributed by atoms with Gasteiger partial charge in [0.15, 0.2) is 23.2 Å². The molecule has 31 heavy (non-hydrogen) atoms. The van der Waals surface area contributed by atoms with Crippen LogP contribution in [-0.4, -0.2) is 71.9 Å². The first-order valence-corrected chi connectivity index (χ1v) is 10.1. The third-order valence-corrected chi connectivity index (χ3v) is 5.82. The van der Waals surface area contributed by atoms with Gasteiger partial charge in [0.05, 0.1) is 19.0 Å². The zero-order valence-corrected chi connectivity index (χ0v) is 16.8. The van der Waals surface area contributed by atoms with Crippen molar-refractivity contribution in [2.24, 2.45) is 0 Å². The van der Waals surface area contributed by atoms with Crippen LogP contribution in [0.2, 0.25) is 0 Å². The van der Waals surface area contributed by atoms with Gasteiger partial charge in [0.25, 0.3) is 0 Å². The molecule has 1 fully saturated rings. The van der Waals surface area contributed by atoms with Crippen LogP contribution in [0.1, 0.15) is 18.7 Å². The standard InChI is InChI=1S/C20H24N6O5/c1-10-12(6-11-4-2-3-5-13(11)30-10)24-25-18-15-19(22-8-21-18)26(9-23-15)20-17(29)16(28)14(7-27)31-20/h2-5,8-10,12,14,16-17,20,24,27-29H,6-7H2,1H3,(H,21,22,25)/t10-,12+,14+,16+,17+,20+/m0/s1. The number of anilines is 1. The largest absolute Gasteiger partial charge is 0.489 e. The van der Waals surface area contributed by atoms with Gasteiger partial charge in [-0.05, 0) is 25.0 Å². The Balaban J connectivity index is 1.35. The molecule has 0 radical (unpaired) electrons. The molecule has 0 amide bonds. The number of rotatable bonds is 5. The van der Waals surface area contributed by atoms with Crippen LogP contribution in [0.3, 0.4) is 0 Å². The third kappa shape index (κ3) is 3.50. The Morgan fingerprint density at radius 1 is 1.16 bits per heavy atom. The summed E-state index contributed by atoms with van der Waals surface area (Å²) < 4.78 is 13.1. The molecule has 0 aliphatic carbocycles. The molecule has 1 saturated heterocycles. The molecule has 0 bridgehead atoms. The quantitative estimate of drug-likeness (QED) is 0.345. The second kappa shape index (κ2) is 8.02. The number of nitrogens with one attached hydrogen (secondary N) is 2. The molecule has 3 aromatic rings. The minimum absolute atomic E-state index is 0.00227. The van der Waals surface area contributed by atoms with E-state index in [2.05, 4.69) is 25.8 Å². The van der Waals surface area contributed by atoms with E-state index >= 15 is 0 Å². The Morgan fingerprint density at radius 3 is 2.81 bits per heavy atom. The number of aliphatic hydroxyl groups excluding tert-OH is 3. The fourth-order valence-corrected chi connectivity index (χ4v) is 4.04. The predicted octanol–water partition coefficient (Wildman–Crippen LogP) is -0.254. The lowest BCUT2D eigenvalue weighted by atomic mass is 9.98. The normalized spacial score (nSPS) is 30.2. The van der Waals surface area contributed by atoms with Crippen LogP contribution in [0.15, 0.2) is 36.9 Å². The summed E-state index contributed by atoms with van der Waals surface area (Å²) in [5.74, 6) is 1.36. The maximum absolute atomic E-state index is 10.3. The number of imidazole rings is 1. The van der Waals surface area contributed by atoms with E-state index in [0.717, 1.165) is 17.7 Å². The van der Waals surface area contributed by atoms with Crippen molar-refractivity contribution in [2.75, 3.05) is 12.0 Å². The van der Waals surface area contributed by atoms with E-state index in [1.54, 1.807) is 0 Å². The van der Waals surface area contributed by atoms with E-state index in [9.17, 15) is 15.3 Å². The average Bonchev–Trinajstić information content (AvgIpc) is 3.33. The van der Waals surface area contributed by atoms with Gasteiger partial charge in [-0.1, -0.05) is 18.2 Å². The number of hydrogen-bond donors (Lipinski definition) is 5. The molecule has 11 nitrogen and oxygen atoms in total. The highest BCUT2D eigenvalue weighted by molar-refractivity contribution is 5.82. The van der Waals surface area contributed by atoms with Crippen molar-refractivity contribution in [2.45, 2.75) is 50.0 Å². The molecular weight excluding hydrogens is 404 g/mol. The van der Waals surface area contributed by atoms with Gasteiger partial charge in [-0.25, -0.2) is 20.4 Å². The number of hydrogen-bond acceptors (Lipinski definition) is 10. The highest BCUT2D eigenvalue weighted by atomic mass is 16.6. The number of fused-ring (bicyclic) bond motifs is 2. The van der Waals surface area contributed by atoms with Crippen molar-refractivity contribution in [3.8, 4) is 5.75 Å². The number of para-hydroxylation sites is 1. The van der Waals surface area contributed by atoms with Crippen molar-refractivity contribution in [1.29, 1.82) is 0 Å². The minimum Gasteiger partial charge on any atom is -0.489 e. The van der Waals surface area contributed by atoms with Crippen LogP contribution < -0.4 is 15.6 Å². The van der Waals surface area contributed by atoms with Gasteiger partial charge in [0.1, 0.15) is 36.5 Å². The SMILES string of the molecule is C[C@@H]1Oc2ccccc2C[C@H]1NNc1ncnc2c1ncn2[C@@H]1O[C@H](CO)[C@@H](O)[C@H]1O. The summed E-state index contributed by atoms with van der Waals surface area (Å²) in [7, 11) is 0. The summed E-state index contributed by atoms with van der Waals surface area (Å²) in [5, 5.41) is 29.7. The summed E-state index contributed by atoms with van der Waals surface area (Å²) in [6.45, 7) is 1.60. The van der Waals surface area contributed by atoms with Gasteiger partial charge in [0, 0.05) is 0 Å². The lowest BCUT2D eigenvalue weighted by Crippen LogP contribution is -2.48. The van der Waals surface area contributed by atoms with Crippen molar-refractivity contribution in [3.63, 3.8) is 0 Å². The molecule has 1 aromatic carbocycles. The Bertz CT molecular complexity index is 1080. The molecule has 2 aliphatic heterocycles. The first kappa shape index (κ1) is 20.1. The molecule has 0 saturated carbocycles. The van der Waals surface area contributed by atoms with Crippen LogP contribution in [0.25, 0.3) is 11.2 Å². The average molecular weight is 428 g/mol. The smallest absolute Gasteiger partial charge is 0.171 e. The van der Waals surface area contributed by atoms with Gasteiger partial charge < -0.3 is 30.2 Å². The van der Waals surface area contributed by atoms with Crippen molar-refractivity contribution < 1.29 is 24.8 Å². The highest BCUT2D eigenvalue weighted by Crippen LogP contribution is 2.32. The molecule has 4 heterocycles. The van der Waals surface area contributed by atoms with E-state index in [-0.39, 0.29) is 12.1 Å². The molecule has 0 unspecified atom stereocenters. The van der Waals surface area contributed by atoms with E-state index < -0.39 is 31.1 Å². The molecule has 0 spiro atoms. The lowest BCUT2D eigenvalue weighted by molar-refractivity contribution is -0.0511. The van der Waals surface area contributed by atoms with Crippen LogP contribution in [0.4, 0.5) is 5.82 Å². The van der Waals surface area contributed by atoms with Crippen LogP contribution in [0, 0.1) is 0 Å². The first-order chi connectivity index (χ1) is 15.1. The fraction of sp³-hybridized carbons (Fsp3) is 0.450. The topological polar surface area (TPSA) is 147 Å². The van der Waals surface area contributed by atoms with Gasteiger partial charge in [-0.15, -0.1) is 0 Å². The van der Waals surface area contributed by atoms with E-state index in [4.69, 9.17) is 9.47 Å². The zero-order chi connectivity index (χ0) is 21.5. The lowest BCUT2D eigenvalue weighted by Gasteiger charge is -2.32. The number of benzene rings is 1. The van der Waals surface area contributed by atoms with E-state index in [1.807, 2.05) is 31.2 Å². The summed E-state index contributed by atoms with van der Waals surface area (Å²) in [4.78, 5) is 12.9. The van der Waals surface area contributed by atoms with Crippen molar-refractivity contribution >= 4 is 17.0 Å². The molecule has 2 aliphatic rings. The van der Waals surface area contributed by atoms with E-state index in [0.29, 0.717) is 17.0 Å². The molecule has 5 rings (SSSR count). The van der Waals surface area contributed by atoms with Crippen molar-refractivity contribution in [3.05, 3.63) is 42.5 Å². The minimum atomic E-state index is -1.22. The number of ether oxygens (including phenoxy) is 2. The number of aliphatic hydroxyl groups is 3. The molecular formula is C20H24N6O5. The van der Waals surface area contributed by atoms with E-state index in [1.165, 1.54) is 17.2 Å². The van der Waals surface area contributed by atoms with Gasteiger partial charge in [-0.3, -0.25) is 4.57 Å². The molecule has 164 valence electrons. The molecule has 5 N–H and O–H groups in total. The third-order valence-electron chi connectivity index (χ3n) is 5.82. The monoisotopic (exact) mass is 428 g/mol. The number of aromatic nitrogens is 4. The number of hydrazine groups is 1. The Morgan fingerprint density at radius 2 is 2.00 bits per heavy atom. The highest BCUT2D eigenvalue weighted by Gasteiger charge is 2.44. The predicted molar refractivity (Wildman–Crippen MR) is 109 cm³/mol. The van der Waals surface area contributed by atoms with Crippen molar-refractivity contribution in [1.82, 2.24) is 24.9 Å². The Labute approximate surface area is 177 Å². The summed E-state index contributed by atoms with van der Waals surface area (Å²) in [6.07, 6.45) is -0.657. The summed E-state index contributed by atoms with van der Waals surface area (Å²) in [5.41, 5.74) is 8.40. The summed E-state index contributed by atoms with van der Waals surface area (Å²) in [6, 6.07) is 7.96. The summed E-state index contributed by atoms with van der Waals surface area (Å²) >= 11 is 0. The van der Waals surface area contributed by atoms with Crippen LogP contribution in [-0.2, 0) is 11.2 Å². The maximum Gasteiger partial charge on any atom is 0.171 e. The first-order valence-electron chi connectivity index (χ1n) is 10.1. The van der Waals surface area contributed by atoms with Crippen LogP contribution in [0.5, 0.6) is 5.75 Å². The Hall–Kier alpha value is -2.83. The fourth-order valence-electron chi connectivity index (χ4n) is 4.04. The zero-order valence-electron chi connectivity index (χ0n) is 16.8. The Kier molecular flexibility index (Phi) is 5.20. The molecule has 2 aromatic heterocycles. The molecule has 11 heteroatoms. The molecule has 6 atom stereocenters. The second-order valence-corrected chi connectivity index (χ2v) is 7.79. The number of nitrogens with zero attached hydrogens (tertiary/aromatic N) is 4. The maximum atomic E-state index is 10.3. The van der Waals surface area contributed by atoms with Crippen LogP contribution >= 0.6 is 0 Å². The second-order valence-electron chi connectivity index (χ2n) is 7.79. The van der Waals surface area contributed by atoms with Gasteiger partial charge in [0.2, 0.25) is 0 Å². The van der Waals surface area contributed by atoms with Gasteiger partial charge >= 0.3 is 0 Å². The van der Waals surface area contributed by atoms with Gasteiger partial charge in [-0.2, -0.15) is 0 Å².